The Bertz CT molecular complexity index is 383. The predicted molar refractivity (Wildman–Crippen MR) is 55.2 cm³/mol. The van der Waals surface area contributed by atoms with E-state index in [1.807, 2.05) is 6.07 Å². The molecule has 15 heavy (non-hydrogen) atoms. The van der Waals surface area contributed by atoms with Crippen LogP contribution in [0.15, 0.2) is 18.2 Å². The summed E-state index contributed by atoms with van der Waals surface area (Å²) in [6, 6.07) is 7.09. The zero-order valence-corrected chi connectivity index (χ0v) is 8.67. The molecule has 1 aromatic rings. The highest BCUT2D eigenvalue weighted by Crippen LogP contribution is 2.18. The smallest absolute Gasteiger partial charge is 0.255 e. The highest BCUT2D eigenvalue weighted by atomic mass is 19.3. The molecule has 0 bridgehead atoms. The van der Waals surface area contributed by atoms with Gasteiger partial charge < -0.3 is 4.90 Å². The van der Waals surface area contributed by atoms with E-state index in [1.54, 1.807) is 32.2 Å². The van der Waals surface area contributed by atoms with Crippen LogP contribution in [0.25, 0.3) is 0 Å². The third-order valence-corrected chi connectivity index (χ3v) is 2.18. The second-order valence-corrected chi connectivity index (χ2v) is 3.38. The summed E-state index contributed by atoms with van der Waals surface area (Å²) < 4.78 is 24.2. The van der Waals surface area contributed by atoms with Gasteiger partial charge in [0.05, 0.1) is 18.2 Å². The van der Waals surface area contributed by atoms with E-state index in [0.717, 1.165) is 5.56 Å². The summed E-state index contributed by atoms with van der Waals surface area (Å²) >= 11 is 0. The SMILES string of the molecule is Cc1cc(N(C)CC(F)F)ccc1C#N. The number of anilines is 1. The first kappa shape index (κ1) is 11.4. The van der Waals surface area contributed by atoms with Crippen molar-refractivity contribution in [1.29, 1.82) is 5.26 Å². The van der Waals surface area contributed by atoms with Crippen LogP contribution < -0.4 is 4.90 Å². The summed E-state index contributed by atoms with van der Waals surface area (Å²) in [5, 5.41) is 8.71. The summed E-state index contributed by atoms with van der Waals surface area (Å²) in [7, 11) is 1.60. The van der Waals surface area contributed by atoms with Crippen molar-refractivity contribution >= 4 is 5.69 Å². The van der Waals surface area contributed by atoms with Crippen LogP contribution in [-0.4, -0.2) is 20.0 Å². The fourth-order valence-corrected chi connectivity index (χ4v) is 1.32. The third-order valence-electron chi connectivity index (χ3n) is 2.18. The van der Waals surface area contributed by atoms with Crippen LogP contribution in [0.1, 0.15) is 11.1 Å². The summed E-state index contributed by atoms with van der Waals surface area (Å²) in [5.74, 6) is 0. The molecule has 0 unspecified atom stereocenters. The van der Waals surface area contributed by atoms with Gasteiger partial charge in [0.2, 0.25) is 0 Å². The highest BCUT2D eigenvalue weighted by molar-refractivity contribution is 5.53. The van der Waals surface area contributed by atoms with E-state index >= 15 is 0 Å². The Morgan fingerprint density at radius 3 is 2.60 bits per heavy atom. The molecule has 2 nitrogen and oxygen atoms in total. The second kappa shape index (κ2) is 4.74. The molecule has 0 heterocycles. The number of halogens is 2. The average Bonchev–Trinajstić information content (AvgIpc) is 2.16. The van der Waals surface area contributed by atoms with Crippen LogP contribution in [0.3, 0.4) is 0 Å². The summed E-state index contributed by atoms with van der Waals surface area (Å²) in [6.07, 6.45) is -2.36. The fourth-order valence-electron chi connectivity index (χ4n) is 1.32. The van der Waals surface area contributed by atoms with E-state index < -0.39 is 6.43 Å². The maximum atomic E-state index is 12.1. The van der Waals surface area contributed by atoms with Crippen molar-refractivity contribution in [2.45, 2.75) is 13.3 Å². The van der Waals surface area contributed by atoms with E-state index in [4.69, 9.17) is 5.26 Å². The van der Waals surface area contributed by atoms with Gasteiger partial charge in [0.15, 0.2) is 0 Å². The lowest BCUT2D eigenvalue weighted by atomic mass is 10.1. The molecule has 0 aliphatic rings. The van der Waals surface area contributed by atoms with Crippen molar-refractivity contribution < 1.29 is 8.78 Å². The zero-order valence-electron chi connectivity index (χ0n) is 8.67. The van der Waals surface area contributed by atoms with Gasteiger partial charge in [0, 0.05) is 12.7 Å². The van der Waals surface area contributed by atoms with E-state index in [2.05, 4.69) is 0 Å². The van der Waals surface area contributed by atoms with Gasteiger partial charge in [-0.25, -0.2) is 8.78 Å². The number of alkyl halides is 2. The number of hydrogen-bond acceptors (Lipinski definition) is 2. The Hall–Kier alpha value is -1.63. The lowest BCUT2D eigenvalue weighted by Gasteiger charge is -2.19. The Morgan fingerprint density at radius 2 is 2.13 bits per heavy atom. The average molecular weight is 210 g/mol. The molecular formula is C11H12F2N2. The standard InChI is InChI=1S/C11H12F2N2/c1-8-5-10(4-3-9(8)6-14)15(2)7-11(12)13/h3-5,11H,7H2,1-2H3. The maximum Gasteiger partial charge on any atom is 0.255 e. The first-order valence-corrected chi connectivity index (χ1v) is 4.54. The molecule has 0 saturated carbocycles. The molecule has 0 N–H and O–H groups in total. The quantitative estimate of drug-likeness (QED) is 0.766. The van der Waals surface area contributed by atoms with Crippen molar-refractivity contribution in [3.8, 4) is 6.07 Å². The number of aryl methyl sites for hydroxylation is 1. The highest BCUT2D eigenvalue weighted by Gasteiger charge is 2.09. The molecule has 0 fully saturated rings. The van der Waals surface area contributed by atoms with Crippen LogP contribution in [0, 0.1) is 18.3 Å². The van der Waals surface area contributed by atoms with Gasteiger partial charge in [-0.3, -0.25) is 0 Å². The minimum Gasteiger partial charge on any atom is -0.369 e. The van der Waals surface area contributed by atoms with Gasteiger partial charge in [-0.05, 0) is 30.7 Å². The minimum absolute atomic E-state index is 0.300. The first-order chi connectivity index (χ1) is 7.04. The van der Waals surface area contributed by atoms with Crippen molar-refractivity contribution in [2.75, 3.05) is 18.5 Å². The van der Waals surface area contributed by atoms with E-state index in [-0.39, 0.29) is 6.54 Å². The Labute approximate surface area is 87.7 Å². The van der Waals surface area contributed by atoms with Crippen LogP contribution >= 0.6 is 0 Å². The zero-order chi connectivity index (χ0) is 11.4. The van der Waals surface area contributed by atoms with Gasteiger partial charge >= 0.3 is 0 Å². The summed E-state index contributed by atoms with van der Waals surface area (Å²) in [5.41, 5.74) is 2.08. The van der Waals surface area contributed by atoms with Crippen LogP contribution in [0.2, 0.25) is 0 Å². The van der Waals surface area contributed by atoms with Crippen molar-refractivity contribution in [3.05, 3.63) is 29.3 Å². The van der Waals surface area contributed by atoms with Gasteiger partial charge in [0.25, 0.3) is 6.43 Å². The third kappa shape index (κ3) is 2.91. The second-order valence-electron chi connectivity index (χ2n) is 3.38. The van der Waals surface area contributed by atoms with Gasteiger partial charge in [-0.15, -0.1) is 0 Å². The predicted octanol–water partition coefficient (Wildman–Crippen LogP) is 2.57. The molecule has 0 spiro atoms. The minimum atomic E-state index is -2.36. The Balaban J connectivity index is 2.88. The van der Waals surface area contributed by atoms with E-state index in [1.165, 1.54) is 4.90 Å². The van der Waals surface area contributed by atoms with Crippen molar-refractivity contribution in [1.82, 2.24) is 0 Å². The maximum absolute atomic E-state index is 12.1. The molecule has 0 aliphatic heterocycles. The summed E-state index contributed by atoms with van der Waals surface area (Å²) in [4.78, 5) is 1.47. The fraction of sp³-hybridized carbons (Fsp3) is 0.364. The molecule has 1 rings (SSSR count). The van der Waals surface area contributed by atoms with Gasteiger partial charge in [-0.2, -0.15) is 5.26 Å². The molecule has 4 heteroatoms. The Kier molecular flexibility index (Phi) is 3.62. The molecular weight excluding hydrogens is 198 g/mol. The monoisotopic (exact) mass is 210 g/mol. The van der Waals surface area contributed by atoms with Crippen LogP contribution in [0.4, 0.5) is 14.5 Å². The molecule has 0 saturated heterocycles. The van der Waals surface area contributed by atoms with E-state index in [0.29, 0.717) is 11.3 Å². The molecule has 0 aromatic heterocycles. The topological polar surface area (TPSA) is 27.0 Å². The van der Waals surface area contributed by atoms with Gasteiger partial charge in [-0.1, -0.05) is 0 Å². The Morgan fingerprint density at radius 1 is 1.47 bits per heavy atom. The molecule has 0 radical (unpaired) electrons. The molecule has 80 valence electrons. The summed E-state index contributed by atoms with van der Waals surface area (Å²) in [6.45, 7) is 1.49. The number of rotatable bonds is 3. The lowest BCUT2D eigenvalue weighted by molar-refractivity contribution is 0.156. The number of hydrogen-bond donors (Lipinski definition) is 0. The van der Waals surface area contributed by atoms with Gasteiger partial charge in [0.1, 0.15) is 0 Å². The number of benzene rings is 1. The molecule has 0 amide bonds. The largest absolute Gasteiger partial charge is 0.369 e. The molecule has 0 atom stereocenters. The van der Waals surface area contributed by atoms with E-state index in [9.17, 15) is 8.78 Å². The first-order valence-electron chi connectivity index (χ1n) is 4.54. The lowest BCUT2D eigenvalue weighted by Crippen LogP contribution is -2.23. The van der Waals surface area contributed by atoms with Crippen molar-refractivity contribution in [2.24, 2.45) is 0 Å². The van der Waals surface area contributed by atoms with Crippen molar-refractivity contribution in [3.63, 3.8) is 0 Å². The normalized spacial score (nSPS) is 10.1. The molecule has 1 aromatic carbocycles. The number of nitriles is 1. The molecule has 0 aliphatic carbocycles. The van der Waals surface area contributed by atoms with Crippen LogP contribution in [0.5, 0.6) is 0 Å². The van der Waals surface area contributed by atoms with Crippen LogP contribution in [-0.2, 0) is 0 Å². The number of nitrogens with zero attached hydrogens (tertiary/aromatic N) is 2.